The van der Waals surface area contributed by atoms with Crippen molar-refractivity contribution in [3.63, 3.8) is 0 Å². The fourth-order valence-corrected chi connectivity index (χ4v) is 3.49. The first kappa shape index (κ1) is 14.9. The SMILES string of the molecule is CCCn1c(CCC2CCNCC2)nc2cc(Cl)ccc21. The largest absolute Gasteiger partial charge is 0.328 e. The molecule has 0 spiro atoms. The number of halogens is 1. The smallest absolute Gasteiger partial charge is 0.109 e. The van der Waals surface area contributed by atoms with Crippen molar-refractivity contribution in [2.75, 3.05) is 13.1 Å². The second-order valence-electron chi connectivity index (χ2n) is 6.04. The molecule has 114 valence electrons. The third kappa shape index (κ3) is 3.41. The summed E-state index contributed by atoms with van der Waals surface area (Å²) < 4.78 is 2.38. The number of rotatable bonds is 5. The van der Waals surface area contributed by atoms with Crippen LogP contribution in [-0.4, -0.2) is 22.6 Å². The molecule has 3 rings (SSSR count). The van der Waals surface area contributed by atoms with E-state index in [9.17, 15) is 0 Å². The lowest BCUT2D eigenvalue weighted by molar-refractivity contribution is 0.351. The van der Waals surface area contributed by atoms with E-state index in [1.807, 2.05) is 12.1 Å². The molecule has 0 amide bonds. The van der Waals surface area contributed by atoms with Crippen LogP contribution in [0.2, 0.25) is 5.02 Å². The number of nitrogens with one attached hydrogen (secondary N) is 1. The molecule has 21 heavy (non-hydrogen) atoms. The van der Waals surface area contributed by atoms with Crippen LogP contribution in [-0.2, 0) is 13.0 Å². The summed E-state index contributed by atoms with van der Waals surface area (Å²) >= 11 is 6.10. The third-order valence-corrected chi connectivity index (χ3v) is 4.71. The first-order valence-corrected chi connectivity index (χ1v) is 8.51. The number of nitrogens with zero attached hydrogens (tertiary/aromatic N) is 2. The first-order valence-electron chi connectivity index (χ1n) is 8.13. The Labute approximate surface area is 131 Å². The normalized spacial score (nSPS) is 16.7. The minimum absolute atomic E-state index is 0.772. The van der Waals surface area contributed by atoms with Gasteiger partial charge in [0, 0.05) is 18.0 Å². The van der Waals surface area contributed by atoms with Gasteiger partial charge in [-0.3, -0.25) is 0 Å². The van der Waals surface area contributed by atoms with Gasteiger partial charge in [-0.2, -0.15) is 0 Å². The van der Waals surface area contributed by atoms with E-state index in [1.54, 1.807) is 0 Å². The van der Waals surface area contributed by atoms with Crippen molar-refractivity contribution in [1.82, 2.24) is 14.9 Å². The molecule has 0 radical (unpaired) electrons. The maximum atomic E-state index is 6.10. The molecule has 2 aromatic rings. The Morgan fingerprint density at radius 3 is 2.90 bits per heavy atom. The summed E-state index contributed by atoms with van der Waals surface area (Å²) in [6.45, 7) is 5.61. The highest BCUT2D eigenvalue weighted by molar-refractivity contribution is 6.31. The van der Waals surface area contributed by atoms with Crippen molar-refractivity contribution in [2.24, 2.45) is 5.92 Å². The number of fused-ring (bicyclic) bond motifs is 1. The highest BCUT2D eigenvalue weighted by Gasteiger charge is 2.16. The summed E-state index contributed by atoms with van der Waals surface area (Å²) in [5.41, 5.74) is 2.26. The Morgan fingerprint density at radius 1 is 1.33 bits per heavy atom. The van der Waals surface area contributed by atoms with Crippen molar-refractivity contribution in [2.45, 2.75) is 45.6 Å². The van der Waals surface area contributed by atoms with Gasteiger partial charge in [-0.1, -0.05) is 18.5 Å². The molecule has 1 N–H and O–H groups in total. The highest BCUT2D eigenvalue weighted by Crippen LogP contribution is 2.24. The van der Waals surface area contributed by atoms with Gasteiger partial charge in [0.2, 0.25) is 0 Å². The average molecular weight is 306 g/mol. The Hall–Kier alpha value is -1.06. The van der Waals surface area contributed by atoms with Crippen LogP contribution in [0.25, 0.3) is 11.0 Å². The third-order valence-electron chi connectivity index (χ3n) is 4.47. The second-order valence-corrected chi connectivity index (χ2v) is 6.48. The van der Waals surface area contributed by atoms with Gasteiger partial charge in [0.1, 0.15) is 5.82 Å². The summed E-state index contributed by atoms with van der Waals surface area (Å²) in [6, 6.07) is 6.06. The average Bonchev–Trinajstić information content (AvgIpc) is 2.84. The van der Waals surface area contributed by atoms with Crippen molar-refractivity contribution in [1.29, 1.82) is 0 Å². The van der Waals surface area contributed by atoms with E-state index in [0.717, 1.165) is 35.8 Å². The lowest BCUT2D eigenvalue weighted by atomic mass is 9.93. The monoisotopic (exact) mass is 305 g/mol. The standard InChI is InChI=1S/C17H24ClN3/c1-2-11-21-16-5-4-14(18)12-15(16)20-17(21)6-3-13-7-9-19-10-8-13/h4-5,12-13,19H,2-3,6-11H2,1H3. The lowest BCUT2D eigenvalue weighted by Gasteiger charge is -2.22. The molecule has 4 heteroatoms. The summed E-state index contributed by atoms with van der Waals surface area (Å²) in [7, 11) is 0. The van der Waals surface area contributed by atoms with Gasteiger partial charge in [-0.25, -0.2) is 4.98 Å². The van der Waals surface area contributed by atoms with Crippen LogP contribution < -0.4 is 5.32 Å². The van der Waals surface area contributed by atoms with E-state index in [4.69, 9.17) is 16.6 Å². The molecule has 1 saturated heterocycles. The maximum Gasteiger partial charge on any atom is 0.109 e. The molecular weight excluding hydrogens is 282 g/mol. The van der Waals surface area contributed by atoms with Crippen molar-refractivity contribution < 1.29 is 0 Å². The number of aromatic nitrogens is 2. The van der Waals surface area contributed by atoms with Crippen molar-refractivity contribution >= 4 is 22.6 Å². The van der Waals surface area contributed by atoms with Gasteiger partial charge in [-0.05, 0) is 62.9 Å². The quantitative estimate of drug-likeness (QED) is 0.904. The van der Waals surface area contributed by atoms with E-state index in [1.165, 1.54) is 43.7 Å². The number of hydrogen-bond acceptors (Lipinski definition) is 2. The molecule has 0 bridgehead atoms. The fraction of sp³-hybridized carbons (Fsp3) is 0.588. The number of imidazole rings is 1. The Bertz CT molecular complexity index is 599. The number of hydrogen-bond donors (Lipinski definition) is 1. The van der Waals surface area contributed by atoms with Crippen LogP contribution in [0.3, 0.4) is 0 Å². The molecule has 2 heterocycles. The predicted molar refractivity (Wildman–Crippen MR) is 88.9 cm³/mol. The van der Waals surface area contributed by atoms with E-state index in [2.05, 4.69) is 22.9 Å². The van der Waals surface area contributed by atoms with Gasteiger partial charge in [0.05, 0.1) is 11.0 Å². The lowest BCUT2D eigenvalue weighted by Crippen LogP contribution is -2.28. The van der Waals surface area contributed by atoms with Crippen LogP contribution in [0.4, 0.5) is 0 Å². The second kappa shape index (κ2) is 6.80. The number of piperidine rings is 1. The zero-order chi connectivity index (χ0) is 14.7. The molecule has 0 saturated carbocycles. The topological polar surface area (TPSA) is 29.9 Å². The van der Waals surface area contributed by atoms with E-state index >= 15 is 0 Å². The molecule has 0 unspecified atom stereocenters. The molecule has 1 aliphatic heterocycles. The number of benzene rings is 1. The summed E-state index contributed by atoms with van der Waals surface area (Å²) in [4.78, 5) is 4.84. The maximum absolute atomic E-state index is 6.10. The zero-order valence-corrected chi connectivity index (χ0v) is 13.5. The van der Waals surface area contributed by atoms with Gasteiger partial charge < -0.3 is 9.88 Å². The van der Waals surface area contributed by atoms with Crippen molar-refractivity contribution in [3.05, 3.63) is 29.0 Å². The van der Waals surface area contributed by atoms with Gasteiger partial charge in [0.25, 0.3) is 0 Å². The van der Waals surface area contributed by atoms with Crippen LogP contribution in [0.1, 0.15) is 38.4 Å². The Balaban J connectivity index is 1.80. The Morgan fingerprint density at radius 2 is 2.14 bits per heavy atom. The molecule has 1 aromatic heterocycles. The predicted octanol–water partition coefficient (Wildman–Crippen LogP) is 4.03. The zero-order valence-electron chi connectivity index (χ0n) is 12.7. The molecule has 1 fully saturated rings. The van der Waals surface area contributed by atoms with E-state index < -0.39 is 0 Å². The van der Waals surface area contributed by atoms with Crippen LogP contribution >= 0.6 is 11.6 Å². The molecule has 1 aliphatic rings. The summed E-state index contributed by atoms with van der Waals surface area (Å²) in [6.07, 6.45) is 6.08. The Kier molecular flexibility index (Phi) is 4.81. The summed E-state index contributed by atoms with van der Waals surface area (Å²) in [5, 5.41) is 4.21. The van der Waals surface area contributed by atoms with Gasteiger partial charge in [0.15, 0.2) is 0 Å². The summed E-state index contributed by atoms with van der Waals surface area (Å²) in [5.74, 6) is 2.08. The highest BCUT2D eigenvalue weighted by atomic mass is 35.5. The van der Waals surface area contributed by atoms with Crippen molar-refractivity contribution in [3.8, 4) is 0 Å². The number of aryl methyl sites for hydroxylation is 2. The van der Waals surface area contributed by atoms with Crippen LogP contribution in [0.5, 0.6) is 0 Å². The molecule has 0 atom stereocenters. The molecular formula is C17H24ClN3. The van der Waals surface area contributed by atoms with Gasteiger partial charge >= 0.3 is 0 Å². The fourth-order valence-electron chi connectivity index (χ4n) is 3.32. The van der Waals surface area contributed by atoms with E-state index in [0.29, 0.717) is 0 Å². The minimum atomic E-state index is 0.772. The van der Waals surface area contributed by atoms with Gasteiger partial charge in [-0.15, -0.1) is 0 Å². The van der Waals surface area contributed by atoms with E-state index in [-0.39, 0.29) is 0 Å². The minimum Gasteiger partial charge on any atom is -0.328 e. The first-order chi connectivity index (χ1) is 10.3. The molecule has 0 aliphatic carbocycles. The molecule has 3 nitrogen and oxygen atoms in total. The van der Waals surface area contributed by atoms with Crippen LogP contribution in [0, 0.1) is 5.92 Å². The molecule has 1 aromatic carbocycles. The van der Waals surface area contributed by atoms with Crippen LogP contribution in [0.15, 0.2) is 18.2 Å².